The van der Waals surface area contributed by atoms with Gasteiger partial charge in [0.1, 0.15) is 10.6 Å². The molecule has 160 valence electrons. The number of halogens is 1. The van der Waals surface area contributed by atoms with E-state index in [1.807, 2.05) is 13.8 Å². The van der Waals surface area contributed by atoms with E-state index in [0.717, 1.165) is 33.7 Å². The van der Waals surface area contributed by atoms with Crippen LogP contribution in [0.2, 0.25) is 0 Å². The maximum Gasteiger partial charge on any atom is 0.263 e. The number of carbonyl (C=O) groups is 1. The molecule has 0 bridgehead atoms. The molecular weight excluding hydrogens is 421 g/mol. The summed E-state index contributed by atoms with van der Waals surface area (Å²) < 4.78 is 14.8. The molecule has 0 fully saturated rings. The fourth-order valence-electron chi connectivity index (χ4n) is 3.12. The number of hydrogen-bond acceptors (Lipinski definition) is 5. The summed E-state index contributed by atoms with van der Waals surface area (Å²) in [6.45, 7) is 7.03. The molecule has 0 atom stereocenters. The van der Waals surface area contributed by atoms with Crippen LogP contribution >= 0.6 is 23.1 Å². The Kier molecular flexibility index (Phi) is 7.31. The number of aryl methyl sites for hydroxylation is 2. The number of carbonyl (C=O) groups excluding carboxylic acids is 1. The molecule has 2 aromatic heterocycles. The van der Waals surface area contributed by atoms with E-state index in [0.29, 0.717) is 23.6 Å². The van der Waals surface area contributed by atoms with Gasteiger partial charge in [0.25, 0.3) is 5.56 Å². The first-order chi connectivity index (χ1) is 14.3. The molecule has 3 aromatic rings. The fourth-order valence-corrected chi connectivity index (χ4v) is 5.16. The maximum atomic E-state index is 13.1. The van der Waals surface area contributed by atoms with Crippen LogP contribution in [0.3, 0.4) is 0 Å². The molecule has 2 heterocycles. The minimum absolute atomic E-state index is 0.0232. The van der Waals surface area contributed by atoms with Crippen molar-refractivity contribution < 1.29 is 9.18 Å². The van der Waals surface area contributed by atoms with Crippen molar-refractivity contribution in [2.75, 3.05) is 12.8 Å². The third-order valence-electron chi connectivity index (χ3n) is 5.07. The first-order valence-corrected chi connectivity index (χ1v) is 11.7. The van der Waals surface area contributed by atoms with Crippen LogP contribution in [0.15, 0.2) is 34.2 Å². The number of thiophene rings is 1. The smallest absolute Gasteiger partial charge is 0.263 e. The Morgan fingerprint density at radius 1 is 1.27 bits per heavy atom. The van der Waals surface area contributed by atoms with Gasteiger partial charge in [-0.15, -0.1) is 11.3 Å². The van der Waals surface area contributed by atoms with Crippen LogP contribution in [0.4, 0.5) is 4.39 Å². The highest BCUT2D eigenvalue weighted by Gasteiger charge is 2.18. The van der Waals surface area contributed by atoms with Gasteiger partial charge < -0.3 is 4.90 Å². The van der Waals surface area contributed by atoms with Crippen LogP contribution in [0, 0.1) is 19.7 Å². The minimum Gasteiger partial charge on any atom is -0.341 e. The monoisotopic (exact) mass is 447 g/mol. The first-order valence-electron chi connectivity index (χ1n) is 9.93. The summed E-state index contributed by atoms with van der Waals surface area (Å²) in [7, 11) is 1.72. The lowest BCUT2D eigenvalue weighted by atomic mass is 10.2. The molecule has 1 amide bonds. The standard InChI is InChI=1S/C22H26FN3O2S2/c1-5-6-11-26-21(28)19-14(2)15(3)30-20(19)24-22(26)29-13-18(27)25(4)12-16-7-9-17(23)10-8-16/h7-10H,5-6,11-13H2,1-4H3. The zero-order valence-electron chi connectivity index (χ0n) is 17.7. The normalized spacial score (nSPS) is 11.2. The third-order valence-corrected chi connectivity index (χ3v) is 7.13. The number of hydrogen-bond donors (Lipinski definition) is 0. The van der Waals surface area contributed by atoms with Gasteiger partial charge in [0, 0.05) is 25.0 Å². The quantitative estimate of drug-likeness (QED) is 0.369. The molecule has 0 aliphatic carbocycles. The third kappa shape index (κ3) is 4.92. The van der Waals surface area contributed by atoms with Crippen molar-refractivity contribution in [3.8, 4) is 0 Å². The van der Waals surface area contributed by atoms with Crippen LogP contribution in [0.5, 0.6) is 0 Å². The average Bonchev–Trinajstić information content (AvgIpc) is 3.01. The van der Waals surface area contributed by atoms with Crippen molar-refractivity contribution in [3.63, 3.8) is 0 Å². The van der Waals surface area contributed by atoms with Crippen molar-refractivity contribution >= 4 is 39.2 Å². The number of nitrogens with zero attached hydrogens (tertiary/aromatic N) is 3. The molecule has 3 rings (SSSR count). The lowest BCUT2D eigenvalue weighted by Crippen LogP contribution is -2.29. The maximum absolute atomic E-state index is 13.1. The molecule has 0 N–H and O–H groups in total. The molecule has 0 aliphatic heterocycles. The summed E-state index contributed by atoms with van der Waals surface area (Å²) in [5.41, 5.74) is 1.83. The number of aromatic nitrogens is 2. The molecule has 0 radical (unpaired) electrons. The first kappa shape index (κ1) is 22.5. The van der Waals surface area contributed by atoms with E-state index in [-0.39, 0.29) is 23.0 Å². The average molecular weight is 448 g/mol. The Bertz CT molecular complexity index is 1110. The van der Waals surface area contributed by atoms with Gasteiger partial charge in [-0.1, -0.05) is 37.2 Å². The Labute approximate surface area is 183 Å². The lowest BCUT2D eigenvalue weighted by molar-refractivity contribution is -0.127. The highest BCUT2D eigenvalue weighted by molar-refractivity contribution is 7.99. The molecular formula is C22H26FN3O2S2. The molecule has 0 saturated heterocycles. The fraction of sp³-hybridized carbons (Fsp3) is 0.409. The zero-order chi connectivity index (χ0) is 21.8. The van der Waals surface area contributed by atoms with E-state index in [9.17, 15) is 14.0 Å². The van der Waals surface area contributed by atoms with Gasteiger partial charge in [-0.25, -0.2) is 9.37 Å². The number of rotatable bonds is 8. The van der Waals surface area contributed by atoms with Crippen LogP contribution in [0.1, 0.15) is 35.8 Å². The number of benzene rings is 1. The van der Waals surface area contributed by atoms with Crippen molar-refractivity contribution in [2.45, 2.75) is 51.9 Å². The van der Waals surface area contributed by atoms with Gasteiger partial charge in [-0.2, -0.15) is 0 Å². The van der Waals surface area contributed by atoms with E-state index in [1.54, 1.807) is 28.6 Å². The Morgan fingerprint density at radius 2 is 1.97 bits per heavy atom. The van der Waals surface area contributed by atoms with Crippen LogP contribution in [0.25, 0.3) is 10.2 Å². The van der Waals surface area contributed by atoms with E-state index < -0.39 is 0 Å². The van der Waals surface area contributed by atoms with E-state index in [4.69, 9.17) is 4.98 Å². The second-order valence-corrected chi connectivity index (χ2v) is 9.48. The second kappa shape index (κ2) is 9.75. The van der Waals surface area contributed by atoms with Gasteiger partial charge in [0.15, 0.2) is 5.16 Å². The largest absolute Gasteiger partial charge is 0.341 e. The molecule has 8 heteroatoms. The number of fused-ring (bicyclic) bond motifs is 1. The molecule has 1 aromatic carbocycles. The van der Waals surface area contributed by atoms with Gasteiger partial charge in [0.2, 0.25) is 5.91 Å². The van der Waals surface area contributed by atoms with Crippen LogP contribution in [-0.4, -0.2) is 33.2 Å². The topological polar surface area (TPSA) is 55.2 Å². The minimum atomic E-state index is -0.297. The van der Waals surface area contributed by atoms with Crippen LogP contribution < -0.4 is 5.56 Å². The predicted molar refractivity (Wildman–Crippen MR) is 122 cm³/mol. The van der Waals surface area contributed by atoms with Crippen molar-refractivity contribution in [1.29, 1.82) is 0 Å². The van der Waals surface area contributed by atoms with E-state index in [1.165, 1.54) is 35.2 Å². The number of thioether (sulfide) groups is 1. The summed E-state index contributed by atoms with van der Waals surface area (Å²) in [4.78, 5) is 33.9. The molecule has 0 aliphatic rings. The lowest BCUT2D eigenvalue weighted by Gasteiger charge is -2.18. The zero-order valence-corrected chi connectivity index (χ0v) is 19.3. The van der Waals surface area contributed by atoms with Gasteiger partial charge >= 0.3 is 0 Å². The molecule has 0 saturated carbocycles. The van der Waals surface area contributed by atoms with E-state index >= 15 is 0 Å². The summed E-state index contributed by atoms with van der Waals surface area (Å²) >= 11 is 2.82. The van der Waals surface area contributed by atoms with Crippen molar-refractivity contribution in [2.24, 2.45) is 0 Å². The van der Waals surface area contributed by atoms with Crippen molar-refractivity contribution in [1.82, 2.24) is 14.5 Å². The SMILES string of the molecule is CCCCn1c(SCC(=O)N(C)Cc2ccc(F)cc2)nc2sc(C)c(C)c2c1=O. The molecule has 5 nitrogen and oxygen atoms in total. The second-order valence-electron chi connectivity index (χ2n) is 7.33. The summed E-state index contributed by atoms with van der Waals surface area (Å²) in [5.74, 6) is -0.182. The molecule has 0 unspecified atom stereocenters. The highest BCUT2D eigenvalue weighted by Crippen LogP contribution is 2.28. The molecule has 0 spiro atoms. The Morgan fingerprint density at radius 3 is 2.63 bits per heavy atom. The van der Waals surface area contributed by atoms with Gasteiger partial charge in [0.05, 0.1) is 11.1 Å². The highest BCUT2D eigenvalue weighted by atomic mass is 32.2. The summed E-state index contributed by atoms with van der Waals surface area (Å²) in [5, 5.41) is 1.28. The van der Waals surface area contributed by atoms with E-state index in [2.05, 4.69) is 6.92 Å². The number of amides is 1. The van der Waals surface area contributed by atoms with Crippen LogP contribution in [-0.2, 0) is 17.9 Å². The van der Waals surface area contributed by atoms with Gasteiger partial charge in [-0.05, 0) is 43.5 Å². The summed E-state index contributed by atoms with van der Waals surface area (Å²) in [6, 6.07) is 6.12. The van der Waals surface area contributed by atoms with Crippen molar-refractivity contribution in [3.05, 3.63) is 56.4 Å². The van der Waals surface area contributed by atoms with Gasteiger partial charge in [-0.3, -0.25) is 14.2 Å². The predicted octanol–water partition coefficient (Wildman–Crippen LogP) is 4.76. The molecule has 30 heavy (non-hydrogen) atoms. The Hall–Kier alpha value is -2.19. The Balaban J connectivity index is 1.79. The summed E-state index contributed by atoms with van der Waals surface area (Å²) in [6.07, 6.45) is 1.84. The number of unbranched alkanes of at least 4 members (excludes halogenated alkanes) is 1.